The number of pyridine rings is 1. The third-order valence-corrected chi connectivity index (χ3v) is 5.38. The zero-order chi connectivity index (χ0) is 22.2. The highest BCUT2D eigenvalue weighted by Gasteiger charge is 2.24. The quantitative estimate of drug-likeness (QED) is 0.385. The second kappa shape index (κ2) is 8.12. The lowest BCUT2D eigenvalue weighted by atomic mass is 10.1. The Bertz CT molecular complexity index is 1340. The van der Waals surface area contributed by atoms with Gasteiger partial charge in [-0.3, -0.25) is 0 Å². The predicted octanol–water partition coefficient (Wildman–Crippen LogP) is 5.39. The van der Waals surface area contributed by atoms with Gasteiger partial charge in [0.25, 0.3) is 0 Å². The first-order valence-electron chi connectivity index (χ1n) is 9.88. The van der Waals surface area contributed by atoms with Crippen LogP contribution in [0.1, 0.15) is 16.8 Å². The Morgan fingerprint density at radius 2 is 2.09 bits per heavy atom. The molecule has 2 aromatic carbocycles. The smallest absolute Gasteiger partial charge is 0.338 e. The second-order valence-electron chi connectivity index (χ2n) is 7.18. The molecule has 0 fully saturated rings. The first-order chi connectivity index (χ1) is 15.5. The van der Waals surface area contributed by atoms with Crippen molar-refractivity contribution in [3.8, 4) is 17.2 Å². The van der Waals surface area contributed by atoms with E-state index in [1.54, 1.807) is 30.3 Å². The molecule has 1 aliphatic rings. The average molecular weight is 454 g/mol. The van der Waals surface area contributed by atoms with Crippen molar-refractivity contribution in [3.63, 3.8) is 0 Å². The molecule has 0 bridgehead atoms. The number of esters is 1. The molecule has 32 heavy (non-hydrogen) atoms. The van der Waals surface area contributed by atoms with Gasteiger partial charge in [-0.1, -0.05) is 11.6 Å². The van der Waals surface area contributed by atoms with Crippen LogP contribution in [0.2, 0.25) is 5.02 Å². The van der Waals surface area contributed by atoms with E-state index >= 15 is 0 Å². The number of halogens is 2. The zero-order valence-corrected chi connectivity index (χ0v) is 17.7. The fourth-order valence-electron chi connectivity index (χ4n) is 3.64. The van der Waals surface area contributed by atoms with Crippen LogP contribution in [0.3, 0.4) is 0 Å². The Morgan fingerprint density at radius 1 is 1.22 bits per heavy atom. The van der Waals surface area contributed by atoms with E-state index in [1.165, 1.54) is 25.4 Å². The Hall–Kier alpha value is -3.65. The number of benzene rings is 2. The number of ether oxygens (including phenoxy) is 2. The summed E-state index contributed by atoms with van der Waals surface area (Å²) >= 11 is 6.04. The maximum Gasteiger partial charge on any atom is 0.338 e. The van der Waals surface area contributed by atoms with Gasteiger partial charge in [-0.05, 0) is 42.8 Å². The first-order valence-corrected chi connectivity index (χ1v) is 10.3. The number of carbonyl (C=O) groups excluding carboxylic acids is 1. The number of rotatable bonds is 3. The van der Waals surface area contributed by atoms with Gasteiger partial charge in [0.2, 0.25) is 5.89 Å². The maximum absolute atomic E-state index is 14.0. The molecule has 9 heteroatoms. The molecule has 7 nitrogen and oxygen atoms in total. The number of fused-ring (bicyclic) bond motifs is 2. The Balaban J connectivity index is 1.63. The minimum atomic E-state index is -0.575. The summed E-state index contributed by atoms with van der Waals surface area (Å²) in [5.41, 5.74) is 2.21. The van der Waals surface area contributed by atoms with Gasteiger partial charge in [-0.15, -0.1) is 0 Å². The van der Waals surface area contributed by atoms with E-state index in [1.807, 2.05) is 4.90 Å². The molecular formula is C23H17ClFN3O4. The van der Waals surface area contributed by atoms with Crippen LogP contribution in [0.5, 0.6) is 5.75 Å². The molecule has 0 spiro atoms. The minimum absolute atomic E-state index is 0.215. The molecule has 4 aromatic rings. The molecule has 0 saturated heterocycles. The third-order valence-electron chi connectivity index (χ3n) is 5.15. The SMILES string of the molecule is COC(=O)c1cc(N2CCCOc3ccc(F)cc32)ncc1-c1nc2cc(Cl)ccc2o1. The van der Waals surface area contributed by atoms with Crippen LogP contribution in [0.4, 0.5) is 15.9 Å². The predicted molar refractivity (Wildman–Crippen MR) is 117 cm³/mol. The fraction of sp³-hybridized carbons (Fsp3) is 0.174. The van der Waals surface area contributed by atoms with Crippen molar-refractivity contribution in [1.82, 2.24) is 9.97 Å². The number of methoxy groups -OCH3 is 1. The number of aromatic nitrogens is 2. The molecule has 1 aliphatic heterocycles. The summed E-state index contributed by atoms with van der Waals surface area (Å²) in [5, 5.41) is 0.522. The Kier molecular flexibility index (Phi) is 5.14. The summed E-state index contributed by atoms with van der Waals surface area (Å²) in [6, 6.07) is 11.0. The topological polar surface area (TPSA) is 77.7 Å². The van der Waals surface area contributed by atoms with E-state index in [9.17, 15) is 9.18 Å². The molecule has 0 atom stereocenters. The van der Waals surface area contributed by atoms with Crippen LogP contribution in [-0.2, 0) is 4.74 Å². The summed E-state index contributed by atoms with van der Waals surface area (Å²) in [4.78, 5) is 23.4. The fourth-order valence-corrected chi connectivity index (χ4v) is 3.81. The van der Waals surface area contributed by atoms with Crippen LogP contribution in [0, 0.1) is 5.82 Å². The van der Waals surface area contributed by atoms with Crippen molar-refractivity contribution in [1.29, 1.82) is 0 Å². The molecule has 0 N–H and O–H groups in total. The van der Waals surface area contributed by atoms with Crippen LogP contribution < -0.4 is 9.64 Å². The summed E-state index contributed by atoms with van der Waals surface area (Å²) in [7, 11) is 1.29. The summed E-state index contributed by atoms with van der Waals surface area (Å²) in [6.07, 6.45) is 2.19. The van der Waals surface area contributed by atoms with Crippen molar-refractivity contribution >= 4 is 40.2 Å². The minimum Gasteiger partial charge on any atom is -0.491 e. The van der Waals surface area contributed by atoms with Crippen molar-refractivity contribution < 1.29 is 23.1 Å². The van der Waals surface area contributed by atoms with Crippen molar-refractivity contribution in [2.45, 2.75) is 6.42 Å². The lowest BCUT2D eigenvalue weighted by Gasteiger charge is -2.23. The summed E-state index contributed by atoms with van der Waals surface area (Å²) in [6.45, 7) is 1.02. The average Bonchev–Trinajstić information content (AvgIpc) is 3.10. The highest BCUT2D eigenvalue weighted by Crippen LogP contribution is 2.37. The second-order valence-corrected chi connectivity index (χ2v) is 7.61. The number of nitrogens with zero attached hydrogens (tertiary/aromatic N) is 3. The molecule has 0 saturated carbocycles. The van der Waals surface area contributed by atoms with E-state index in [0.29, 0.717) is 58.5 Å². The molecule has 0 radical (unpaired) electrons. The van der Waals surface area contributed by atoms with Gasteiger partial charge in [0.05, 0.1) is 30.5 Å². The first kappa shape index (κ1) is 20.3. The number of anilines is 2. The number of hydrogen-bond acceptors (Lipinski definition) is 7. The van der Waals surface area contributed by atoms with Crippen molar-refractivity contribution in [2.75, 3.05) is 25.2 Å². The Labute approximate surface area is 187 Å². The van der Waals surface area contributed by atoms with Gasteiger partial charge in [0.15, 0.2) is 5.58 Å². The molecular weight excluding hydrogens is 437 g/mol. The van der Waals surface area contributed by atoms with E-state index in [4.69, 9.17) is 25.5 Å². The van der Waals surface area contributed by atoms with Crippen LogP contribution >= 0.6 is 11.6 Å². The Morgan fingerprint density at radius 3 is 2.94 bits per heavy atom. The standard InChI is InChI=1S/C23H17ClFN3O4/c1-30-23(29)15-11-21(28-7-2-8-31-20-6-4-14(25)10-18(20)28)26-12-16(15)22-27-17-9-13(24)3-5-19(17)32-22/h3-6,9-12H,2,7-8H2,1H3. The van der Waals surface area contributed by atoms with E-state index in [0.717, 1.165) is 0 Å². The van der Waals surface area contributed by atoms with Gasteiger partial charge in [-0.25, -0.2) is 19.2 Å². The molecule has 0 aliphatic carbocycles. The van der Waals surface area contributed by atoms with Crippen molar-refractivity contribution in [3.05, 3.63) is 65.1 Å². The molecule has 0 amide bonds. The zero-order valence-electron chi connectivity index (χ0n) is 17.0. The molecule has 3 heterocycles. The van der Waals surface area contributed by atoms with Crippen molar-refractivity contribution in [2.24, 2.45) is 0 Å². The van der Waals surface area contributed by atoms with E-state index in [2.05, 4.69) is 9.97 Å². The largest absolute Gasteiger partial charge is 0.491 e. The lowest BCUT2D eigenvalue weighted by molar-refractivity contribution is 0.0601. The normalized spacial score (nSPS) is 13.4. The van der Waals surface area contributed by atoms with Crippen LogP contribution in [0.15, 0.2) is 53.1 Å². The highest BCUT2D eigenvalue weighted by atomic mass is 35.5. The van der Waals surface area contributed by atoms with E-state index in [-0.39, 0.29) is 11.5 Å². The van der Waals surface area contributed by atoms with Gasteiger partial charge in [0, 0.05) is 23.8 Å². The monoisotopic (exact) mass is 453 g/mol. The number of oxazole rings is 1. The molecule has 2 aromatic heterocycles. The van der Waals surface area contributed by atoms with Gasteiger partial charge in [0.1, 0.15) is 22.9 Å². The molecule has 162 valence electrons. The molecule has 5 rings (SSSR count). The maximum atomic E-state index is 14.0. The third kappa shape index (κ3) is 3.62. The van der Waals surface area contributed by atoms with Gasteiger partial charge >= 0.3 is 5.97 Å². The highest BCUT2D eigenvalue weighted by molar-refractivity contribution is 6.31. The lowest BCUT2D eigenvalue weighted by Crippen LogP contribution is -2.20. The molecule has 0 unspecified atom stereocenters. The van der Waals surface area contributed by atoms with Crippen LogP contribution in [-0.4, -0.2) is 36.2 Å². The van der Waals surface area contributed by atoms with E-state index < -0.39 is 11.8 Å². The summed E-state index contributed by atoms with van der Waals surface area (Å²) < 4.78 is 30.5. The number of carbonyl (C=O) groups is 1. The van der Waals surface area contributed by atoms with Gasteiger partial charge < -0.3 is 18.8 Å². The summed E-state index contributed by atoms with van der Waals surface area (Å²) in [5.74, 6) is 0.243. The van der Waals surface area contributed by atoms with Crippen LogP contribution in [0.25, 0.3) is 22.6 Å². The number of hydrogen-bond donors (Lipinski definition) is 0. The van der Waals surface area contributed by atoms with Gasteiger partial charge in [-0.2, -0.15) is 0 Å².